The highest BCUT2D eigenvalue weighted by Gasteiger charge is 2.26. The standard InChI is InChI=1S/C19H21NO4/c1-22-15-10-8-14(9-11-15)5-4-12-20-19(21)18-13-23-16-6-2-3-7-17(16)24-18/h2-3,6-11,18H,4-5,12-13H2,1H3,(H,20,21)/t18-/m0/s1. The lowest BCUT2D eigenvalue weighted by Gasteiger charge is -2.25. The Morgan fingerprint density at radius 1 is 1.17 bits per heavy atom. The van der Waals surface area contributed by atoms with Gasteiger partial charge in [-0.1, -0.05) is 24.3 Å². The van der Waals surface area contributed by atoms with Gasteiger partial charge in [0.05, 0.1) is 7.11 Å². The van der Waals surface area contributed by atoms with E-state index >= 15 is 0 Å². The van der Waals surface area contributed by atoms with E-state index < -0.39 is 6.10 Å². The van der Waals surface area contributed by atoms with Crippen LogP contribution in [0.4, 0.5) is 0 Å². The van der Waals surface area contributed by atoms with E-state index in [1.165, 1.54) is 5.56 Å². The molecule has 0 saturated carbocycles. The molecule has 0 aliphatic carbocycles. The molecule has 0 radical (unpaired) electrons. The molecule has 0 unspecified atom stereocenters. The lowest BCUT2D eigenvalue weighted by Crippen LogP contribution is -2.44. The van der Waals surface area contributed by atoms with E-state index in [-0.39, 0.29) is 12.5 Å². The Morgan fingerprint density at radius 3 is 2.67 bits per heavy atom. The molecule has 0 spiro atoms. The predicted molar refractivity (Wildman–Crippen MR) is 90.7 cm³/mol. The van der Waals surface area contributed by atoms with E-state index in [0.717, 1.165) is 18.6 Å². The number of methoxy groups -OCH3 is 1. The summed E-state index contributed by atoms with van der Waals surface area (Å²) in [6, 6.07) is 15.3. The average molecular weight is 327 g/mol. The maximum absolute atomic E-state index is 12.2. The topological polar surface area (TPSA) is 56.8 Å². The minimum absolute atomic E-state index is 0.140. The number of aryl methyl sites for hydroxylation is 1. The van der Waals surface area contributed by atoms with Gasteiger partial charge in [-0.2, -0.15) is 0 Å². The summed E-state index contributed by atoms with van der Waals surface area (Å²) in [5.74, 6) is 2.00. The molecule has 1 atom stereocenters. The van der Waals surface area contributed by atoms with Crippen molar-refractivity contribution in [2.75, 3.05) is 20.3 Å². The summed E-state index contributed by atoms with van der Waals surface area (Å²) in [7, 11) is 1.65. The molecule has 2 aromatic rings. The summed E-state index contributed by atoms with van der Waals surface area (Å²) in [5.41, 5.74) is 1.22. The molecule has 24 heavy (non-hydrogen) atoms. The fourth-order valence-electron chi connectivity index (χ4n) is 2.56. The number of amides is 1. The Hall–Kier alpha value is -2.69. The van der Waals surface area contributed by atoms with E-state index in [4.69, 9.17) is 14.2 Å². The third-order valence-electron chi connectivity index (χ3n) is 3.90. The highest BCUT2D eigenvalue weighted by Crippen LogP contribution is 2.30. The highest BCUT2D eigenvalue weighted by atomic mass is 16.6. The second kappa shape index (κ2) is 7.73. The fourth-order valence-corrected chi connectivity index (χ4v) is 2.56. The number of carbonyl (C=O) groups excluding carboxylic acids is 1. The Labute approximate surface area is 141 Å². The van der Waals surface area contributed by atoms with Gasteiger partial charge >= 0.3 is 0 Å². The molecule has 2 aromatic carbocycles. The zero-order valence-electron chi connectivity index (χ0n) is 13.7. The van der Waals surface area contributed by atoms with Crippen molar-refractivity contribution in [3.8, 4) is 17.2 Å². The maximum atomic E-state index is 12.2. The molecule has 1 aliphatic heterocycles. The third-order valence-corrected chi connectivity index (χ3v) is 3.90. The van der Waals surface area contributed by atoms with Crippen molar-refractivity contribution in [1.29, 1.82) is 0 Å². The highest BCUT2D eigenvalue weighted by molar-refractivity contribution is 5.81. The zero-order valence-corrected chi connectivity index (χ0v) is 13.7. The number of benzene rings is 2. The minimum atomic E-state index is -0.596. The third kappa shape index (κ3) is 3.98. The van der Waals surface area contributed by atoms with Crippen molar-refractivity contribution in [2.45, 2.75) is 18.9 Å². The molecule has 0 fully saturated rings. The Bertz CT molecular complexity index is 684. The molecular weight excluding hydrogens is 306 g/mol. The summed E-state index contributed by atoms with van der Waals surface area (Å²) in [5, 5.41) is 2.91. The van der Waals surface area contributed by atoms with Crippen molar-refractivity contribution in [1.82, 2.24) is 5.32 Å². The van der Waals surface area contributed by atoms with E-state index in [9.17, 15) is 4.79 Å². The smallest absolute Gasteiger partial charge is 0.264 e. The van der Waals surface area contributed by atoms with Gasteiger partial charge in [-0.25, -0.2) is 0 Å². The molecule has 1 amide bonds. The van der Waals surface area contributed by atoms with E-state index in [2.05, 4.69) is 5.32 Å². The van der Waals surface area contributed by atoms with Crippen molar-refractivity contribution < 1.29 is 19.0 Å². The molecule has 3 rings (SSSR count). The van der Waals surface area contributed by atoms with Crippen LogP contribution in [0.2, 0.25) is 0 Å². The molecule has 5 heteroatoms. The first-order valence-corrected chi connectivity index (χ1v) is 8.05. The van der Waals surface area contributed by atoms with Crippen LogP contribution in [0.3, 0.4) is 0 Å². The minimum Gasteiger partial charge on any atom is -0.497 e. The van der Waals surface area contributed by atoms with Crippen molar-refractivity contribution >= 4 is 5.91 Å². The van der Waals surface area contributed by atoms with Gasteiger partial charge < -0.3 is 19.5 Å². The van der Waals surface area contributed by atoms with Gasteiger partial charge in [0.1, 0.15) is 12.4 Å². The SMILES string of the molecule is COc1ccc(CCCNC(=O)[C@@H]2COc3ccccc3O2)cc1. The van der Waals surface area contributed by atoms with Crippen LogP contribution in [0.1, 0.15) is 12.0 Å². The molecule has 5 nitrogen and oxygen atoms in total. The van der Waals surface area contributed by atoms with Crippen LogP contribution < -0.4 is 19.5 Å². The Kier molecular flexibility index (Phi) is 5.21. The normalized spacial score (nSPS) is 15.6. The lowest BCUT2D eigenvalue weighted by atomic mass is 10.1. The van der Waals surface area contributed by atoms with Gasteiger partial charge in [0, 0.05) is 6.54 Å². The summed E-state index contributed by atoms with van der Waals surface area (Å²) in [4.78, 5) is 12.2. The Balaban J connectivity index is 1.41. The van der Waals surface area contributed by atoms with Crippen molar-refractivity contribution in [3.63, 3.8) is 0 Å². The van der Waals surface area contributed by atoms with Gasteiger partial charge in [0.25, 0.3) is 5.91 Å². The predicted octanol–water partition coefficient (Wildman–Crippen LogP) is 2.58. The summed E-state index contributed by atoms with van der Waals surface area (Å²) in [6.45, 7) is 0.841. The molecule has 1 N–H and O–H groups in total. The molecule has 1 aliphatic rings. The van der Waals surface area contributed by atoms with Crippen LogP contribution in [0.25, 0.3) is 0 Å². The monoisotopic (exact) mass is 327 g/mol. The number of fused-ring (bicyclic) bond motifs is 1. The van der Waals surface area contributed by atoms with Crippen LogP contribution >= 0.6 is 0 Å². The molecule has 0 aromatic heterocycles. The number of ether oxygens (including phenoxy) is 3. The molecule has 1 heterocycles. The number of rotatable bonds is 6. The maximum Gasteiger partial charge on any atom is 0.264 e. The largest absolute Gasteiger partial charge is 0.497 e. The summed E-state index contributed by atoms with van der Waals surface area (Å²) < 4.78 is 16.4. The second-order valence-electron chi connectivity index (χ2n) is 5.61. The molecule has 0 saturated heterocycles. The van der Waals surface area contributed by atoms with Crippen molar-refractivity contribution in [2.24, 2.45) is 0 Å². The van der Waals surface area contributed by atoms with Gasteiger partial charge in [-0.15, -0.1) is 0 Å². The zero-order chi connectivity index (χ0) is 16.8. The van der Waals surface area contributed by atoms with Crippen LogP contribution in [0.15, 0.2) is 48.5 Å². The first kappa shape index (κ1) is 16.2. The molecule has 0 bridgehead atoms. The number of para-hydroxylation sites is 2. The number of hydrogen-bond acceptors (Lipinski definition) is 4. The van der Waals surface area contributed by atoms with Crippen LogP contribution in [-0.2, 0) is 11.2 Å². The van der Waals surface area contributed by atoms with E-state index in [1.807, 2.05) is 42.5 Å². The average Bonchev–Trinajstić information content (AvgIpc) is 2.65. The second-order valence-corrected chi connectivity index (χ2v) is 5.61. The number of nitrogens with one attached hydrogen (secondary N) is 1. The Morgan fingerprint density at radius 2 is 1.92 bits per heavy atom. The van der Waals surface area contributed by atoms with Crippen LogP contribution in [0, 0.1) is 0 Å². The first-order valence-electron chi connectivity index (χ1n) is 8.05. The summed E-state index contributed by atoms with van der Waals surface area (Å²) >= 11 is 0. The molecule has 126 valence electrons. The van der Waals surface area contributed by atoms with Gasteiger partial charge in [0.2, 0.25) is 6.10 Å². The number of carbonyl (C=O) groups is 1. The van der Waals surface area contributed by atoms with Crippen LogP contribution in [-0.4, -0.2) is 32.3 Å². The molecular formula is C19H21NO4. The van der Waals surface area contributed by atoms with E-state index in [0.29, 0.717) is 18.0 Å². The lowest BCUT2D eigenvalue weighted by molar-refractivity contribution is -0.130. The summed E-state index contributed by atoms with van der Waals surface area (Å²) in [6.07, 6.45) is 1.16. The van der Waals surface area contributed by atoms with Gasteiger partial charge in [-0.3, -0.25) is 4.79 Å². The van der Waals surface area contributed by atoms with E-state index in [1.54, 1.807) is 13.2 Å². The quantitative estimate of drug-likeness (QED) is 0.829. The van der Waals surface area contributed by atoms with Gasteiger partial charge in [-0.05, 0) is 42.7 Å². The first-order chi connectivity index (χ1) is 11.8. The fraction of sp³-hybridized carbons (Fsp3) is 0.316. The number of hydrogen-bond donors (Lipinski definition) is 1. The van der Waals surface area contributed by atoms with Crippen molar-refractivity contribution in [3.05, 3.63) is 54.1 Å². The van der Waals surface area contributed by atoms with Gasteiger partial charge in [0.15, 0.2) is 11.5 Å². The van der Waals surface area contributed by atoms with Crippen LogP contribution in [0.5, 0.6) is 17.2 Å².